The molecule has 1 saturated carbocycles. The minimum Gasteiger partial charge on any atom is -0.207 e. The highest BCUT2D eigenvalue weighted by molar-refractivity contribution is 9.09. The maximum absolute atomic E-state index is 13.5. The third-order valence-electron chi connectivity index (χ3n) is 2.99. The van der Waals surface area contributed by atoms with Crippen LogP contribution in [0.3, 0.4) is 0 Å². The van der Waals surface area contributed by atoms with Gasteiger partial charge in [-0.2, -0.15) is 0 Å². The molecule has 1 fully saturated rings. The molecule has 0 radical (unpaired) electrons. The predicted octanol–water partition coefficient (Wildman–Crippen LogP) is 4.25. The third kappa shape index (κ3) is 2.00. The van der Waals surface area contributed by atoms with E-state index < -0.39 is 0 Å². The smallest absolute Gasteiger partial charge is 0.126 e. The normalized spacial score (nSPS) is 27.6. The first kappa shape index (κ1) is 10.2. The second-order valence-electron chi connectivity index (χ2n) is 3.93. The summed E-state index contributed by atoms with van der Waals surface area (Å²) >= 11 is 3.66. The van der Waals surface area contributed by atoms with E-state index in [2.05, 4.69) is 15.9 Å². The maximum Gasteiger partial charge on any atom is 0.126 e. The molecule has 0 N–H and O–H groups in total. The van der Waals surface area contributed by atoms with Crippen molar-refractivity contribution in [1.29, 1.82) is 0 Å². The number of hydrogen-bond donors (Lipinski definition) is 0. The second-order valence-corrected chi connectivity index (χ2v) is 5.10. The number of halogens is 2. The van der Waals surface area contributed by atoms with Gasteiger partial charge in [0.2, 0.25) is 0 Å². The molecule has 0 spiro atoms. The molecule has 1 aliphatic rings. The molecule has 14 heavy (non-hydrogen) atoms. The van der Waals surface area contributed by atoms with Gasteiger partial charge in [-0.1, -0.05) is 47.0 Å². The van der Waals surface area contributed by atoms with Gasteiger partial charge in [0.15, 0.2) is 0 Å². The van der Waals surface area contributed by atoms with Gasteiger partial charge in [0.25, 0.3) is 0 Å². The molecule has 76 valence electrons. The Morgan fingerprint density at radius 3 is 2.57 bits per heavy atom. The van der Waals surface area contributed by atoms with E-state index in [1.54, 1.807) is 12.1 Å². The zero-order valence-electron chi connectivity index (χ0n) is 8.05. The van der Waals surface area contributed by atoms with Gasteiger partial charge < -0.3 is 0 Å². The molecule has 0 nitrogen and oxygen atoms in total. The van der Waals surface area contributed by atoms with Gasteiger partial charge >= 0.3 is 0 Å². The molecular formula is C12H14BrF. The molecule has 0 heterocycles. The van der Waals surface area contributed by atoms with Crippen LogP contribution in [0.2, 0.25) is 0 Å². The fraction of sp³-hybridized carbons (Fsp3) is 0.500. The van der Waals surface area contributed by atoms with Crippen LogP contribution in [0, 0.1) is 5.82 Å². The van der Waals surface area contributed by atoms with E-state index in [0.717, 1.165) is 12.0 Å². The maximum atomic E-state index is 13.5. The summed E-state index contributed by atoms with van der Waals surface area (Å²) in [5, 5.41) is 0. The van der Waals surface area contributed by atoms with Crippen LogP contribution >= 0.6 is 15.9 Å². The van der Waals surface area contributed by atoms with Crippen LogP contribution in [0.1, 0.15) is 37.2 Å². The van der Waals surface area contributed by atoms with Crippen molar-refractivity contribution in [2.24, 2.45) is 0 Å². The molecular weight excluding hydrogens is 243 g/mol. The Balaban J connectivity index is 2.25. The standard InChI is InChI=1S/C12H14BrF/c13-11-7-3-1-5-9(11)10-6-2-4-8-12(10)14/h2,4,6,8-9,11H,1,3,5,7H2. The highest BCUT2D eigenvalue weighted by atomic mass is 79.9. The van der Waals surface area contributed by atoms with Crippen molar-refractivity contribution in [3.8, 4) is 0 Å². The molecule has 0 bridgehead atoms. The fourth-order valence-corrected chi connectivity index (χ4v) is 3.08. The van der Waals surface area contributed by atoms with Gasteiger partial charge in [-0.3, -0.25) is 0 Å². The lowest BCUT2D eigenvalue weighted by atomic mass is 9.84. The average Bonchev–Trinajstić information content (AvgIpc) is 2.20. The lowest BCUT2D eigenvalue weighted by molar-refractivity contribution is 0.445. The van der Waals surface area contributed by atoms with E-state index in [0.29, 0.717) is 10.7 Å². The summed E-state index contributed by atoms with van der Waals surface area (Å²) in [6, 6.07) is 7.15. The highest BCUT2D eigenvalue weighted by Crippen LogP contribution is 2.38. The van der Waals surface area contributed by atoms with Crippen molar-refractivity contribution >= 4 is 15.9 Å². The summed E-state index contributed by atoms with van der Waals surface area (Å²) in [5.74, 6) is 0.314. The molecule has 0 saturated heterocycles. The summed E-state index contributed by atoms with van der Waals surface area (Å²) in [7, 11) is 0. The second kappa shape index (κ2) is 4.43. The van der Waals surface area contributed by atoms with Gasteiger partial charge in [0, 0.05) is 4.83 Å². The van der Waals surface area contributed by atoms with Crippen LogP contribution in [0.4, 0.5) is 4.39 Å². The van der Waals surface area contributed by atoms with E-state index in [4.69, 9.17) is 0 Å². The van der Waals surface area contributed by atoms with E-state index in [1.807, 2.05) is 12.1 Å². The molecule has 1 aromatic carbocycles. The SMILES string of the molecule is Fc1ccccc1C1CCCCC1Br. The van der Waals surface area contributed by atoms with Crippen LogP contribution in [0.15, 0.2) is 24.3 Å². The van der Waals surface area contributed by atoms with Crippen molar-refractivity contribution < 1.29 is 4.39 Å². The molecule has 0 aliphatic heterocycles. The van der Waals surface area contributed by atoms with Crippen molar-refractivity contribution in [3.05, 3.63) is 35.6 Å². The van der Waals surface area contributed by atoms with E-state index >= 15 is 0 Å². The molecule has 0 amide bonds. The number of benzene rings is 1. The minimum atomic E-state index is -0.0520. The Morgan fingerprint density at radius 1 is 1.14 bits per heavy atom. The zero-order chi connectivity index (χ0) is 9.97. The Hall–Kier alpha value is -0.370. The molecule has 2 heteroatoms. The summed E-state index contributed by atoms with van der Waals surface area (Å²) < 4.78 is 13.5. The highest BCUT2D eigenvalue weighted by Gasteiger charge is 2.25. The first-order valence-corrected chi connectivity index (χ1v) is 6.09. The molecule has 1 aromatic rings. The first-order valence-electron chi connectivity index (χ1n) is 5.17. The summed E-state index contributed by atoms with van der Waals surface area (Å²) in [6.07, 6.45) is 4.76. The molecule has 1 aliphatic carbocycles. The molecule has 2 atom stereocenters. The quantitative estimate of drug-likeness (QED) is 0.660. The zero-order valence-corrected chi connectivity index (χ0v) is 9.63. The van der Waals surface area contributed by atoms with Gasteiger partial charge in [0.1, 0.15) is 5.82 Å². The average molecular weight is 257 g/mol. The topological polar surface area (TPSA) is 0 Å². The van der Waals surface area contributed by atoms with E-state index in [9.17, 15) is 4.39 Å². The van der Waals surface area contributed by atoms with Crippen molar-refractivity contribution in [2.45, 2.75) is 36.4 Å². The van der Waals surface area contributed by atoms with E-state index in [1.165, 1.54) is 19.3 Å². The van der Waals surface area contributed by atoms with E-state index in [-0.39, 0.29) is 5.82 Å². The lowest BCUT2D eigenvalue weighted by Crippen LogP contribution is -2.18. The monoisotopic (exact) mass is 256 g/mol. The fourth-order valence-electron chi connectivity index (χ4n) is 2.21. The van der Waals surface area contributed by atoms with Gasteiger partial charge in [-0.15, -0.1) is 0 Å². The Bertz CT molecular complexity index is 311. The van der Waals surface area contributed by atoms with Crippen molar-refractivity contribution in [1.82, 2.24) is 0 Å². The van der Waals surface area contributed by atoms with Crippen molar-refractivity contribution in [2.75, 3.05) is 0 Å². The van der Waals surface area contributed by atoms with Crippen LogP contribution in [-0.4, -0.2) is 4.83 Å². The summed E-state index contributed by atoms with van der Waals surface area (Å²) in [6.45, 7) is 0. The molecule has 2 unspecified atom stereocenters. The summed E-state index contributed by atoms with van der Waals surface area (Å²) in [4.78, 5) is 0.452. The third-order valence-corrected chi connectivity index (χ3v) is 4.08. The van der Waals surface area contributed by atoms with Crippen LogP contribution < -0.4 is 0 Å². The number of alkyl halides is 1. The largest absolute Gasteiger partial charge is 0.207 e. The van der Waals surface area contributed by atoms with Gasteiger partial charge in [-0.25, -0.2) is 4.39 Å². The minimum absolute atomic E-state index is 0.0520. The van der Waals surface area contributed by atoms with Crippen molar-refractivity contribution in [3.63, 3.8) is 0 Å². The molecule has 2 rings (SSSR count). The van der Waals surface area contributed by atoms with Crippen LogP contribution in [0.5, 0.6) is 0 Å². The van der Waals surface area contributed by atoms with Crippen LogP contribution in [-0.2, 0) is 0 Å². The van der Waals surface area contributed by atoms with Crippen LogP contribution in [0.25, 0.3) is 0 Å². The van der Waals surface area contributed by atoms with Gasteiger partial charge in [-0.05, 0) is 30.4 Å². The Labute approximate surface area is 92.6 Å². The molecule has 0 aromatic heterocycles. The number of rotatable bonds is 1. The Morgan fingerprint density at radius 2 is 1.86 bits per heavy atom. The Kier molecular flexibility index (Phi) is 3.22. The first-order chi connectivity index (χ1) is 6.79. The summed E-state index contributed by atoms with van der Waals surface area (Å²) in [5.41, 5.74) is 0.883. The van der Waals surface area contributed by atoms with Gasteiger partial charge in [0.05, 0.1) is 0 Å². The predicted molar refractivity (Wildman–Crippen MR) is 60.3 cm³/mol. The number of hydrogen-bond acceptors (Lipinski definition) is 0. The lowest BCUT2D eigenvalue weighted by Gasteiger charge is -2.27.